The maximum Gasteiger partial charge on any atom is 0.213 e. The molecular formula is C11H17ClN2O2S. The van der Waals surface area contributed by atoms with E-state index in [-0.39, 0.29) is 5.75 Å². The molecule has 0 radical (unpaired) electrons. The number of halogens is 1. The van der Waals surface area contributed by atoms with Crippen molar-refractivity contribution in [2.24, 2.45) is 0 Å². The van der Waals surface area contributed by atoms with Gasteiger partial charge >= 0.3 is 0 Å². The third-order valence-corrected chi connectivity index (χ3v) is 4.68. The number of aromatic nitrogens is 1. The van der Waals surface area contributed by atoms with Crippen LogP contribution in [0.4, 0.5) is 0 Å². The van der Waals surface area contributed by atoms with Gasteiger partial charge in [0.2, 0.25) is 10.0 Å². The largest absolute Gasteiger partial charge is 0.265 e. The molecule has 0 spiro atoms. The molecule has 0 aliphatic rings. The minimum Gasteiger partial charge on any atom is -0.265 e. The van der Waals surface area contributed by atoms with Gasteiger partial charge in [0, 0.05) is 31.9 Å². The number of pyridine rings is 1. The van der Waals surface area contributed by atoms with Crippen LogP contribution < -0.4 is 0 Å². The Morgan fingerprint density at radius 1 is 1.35 bits per heavy atom. The van der Waals surface area contributed by atoms with Gasteiger partial charge in [0.25, 0.3) is 0 Å². The maximum atomic E-state index is 11.8. The normalized spacial score (nSPS) is 11.9. The summed E-state index contributed by atoms with van der Waals surface area (Å²) in [5.74, 6) is 0.487. The molecule has 0 amide bonds. The zero-order chi connectivity index (χ0) is 12.7. The van der Waals surface area contributed by atoms with Crippen molar-refractivity contribution in [3.63, 3.8) is 0 Å². The molecule has 6 heteroatoms. The monoisotopic (exact) mass is 276 g/mol. The van der Waals surface area contributed by atoms with Crippen molar-refractivity contribution < 1.29 is 8.42 Å². The lowest BCUT2D eigenvalue weighted by Crippen LogP contribution is -2.31. The molecule has 17 heavy (non-hydrogen) atoms. The van der Waals surface area contributed by atoms with Gasteiger partial charge < -0.3 is 0 Å². The topological polar surface area (TPSA) is 50.3 Å². The van der Waals surface area contributed by atoms with E-state index < -0.39 is 10.0 Å². The Kier molecular flexibility index (Phi) is 5.88. The lowest BCUT2D eigenvalue weighted by Gasteiger charge is -2.16. The van der Waals surface area contributed by atoms with Gasteiger partial charge in [0.1, 0.15) is 0 Å². The third-order valence-electron chi connectivity index (χ3n) is 2.48. The lowest BCUT2D eigenvalue weighted by molar-refractivity contribution is 0.472. The second kappa shape index (κ2) is 6.93. The zero-order valence-electron chi connectivity index (χ0n) is 9.84. The molecule has 1 aromatic rings. The average molecular weight is 277 g/mol. The Morgan fingerprint density at radius 3 is 2.59 bits per heavy atom. The van der Waals surface area contributed by atoms with Gasteiger partial charge in [-0.15, -0.1) is 11.6 Å². The first kappa shape index (κ1) is 14.4. The summed E-state index contributed by atoms with van der Waals surface area (Å²) in [6.45, 7) is 0.481. The number of hydrogen-bond donors (Lipinski definition) is 0. The number of hydrogen-bond acceptors (Lipinski definition) is 3. The zero-order valence-corrected chi connectivity index (χ0v) is 11.4. The minimum absolute atomic E-state index is 0.114. The molecule has 0 aliphatic heterocycles. The van der Waals surface area contributed by atoms with Crippen molar-refractivity contribution in [3.05, 3.63) is 30.1 Å². The molecule has 0 bridgehead atoms. The van der Waals surface area contributed by atoms with E-state index in [9.17, 15) is 8.42 Å². The van der Waals surface area contributed by atoms with Gasteiger partial charge in [0.05, 0.1) is 5.75 Å². The Balaban J connectivity index is 2.47. The van der Waals surface area contributed by atoms with Crippen molar-refractivity contribution in [2.45, 2.75) is 12.8 Å². The van der Waals surface area contributed by atoms with E-state index in [1.807, 2.05) is 12.1 Å². The van der Waals surface area contributed by atoms with Crippen molar-refractivity contribution in [1.82, 2.24) is 9.29 Å². The van der Waals surface area contributed by atoms with Crippen LogP contribution in [0.3, 0.4) is 0 Å². The SMILES string of the molecule is CN(CCc1ccncc1)S(=O)(=O)CCCCl. The number of rotatable bonds is 7. The van der Waals surface area contributed by atoms with Gasteiger partial charge in [-0.3, -0.25) is 4.98 Å². The third kappa shape index (κ3) is 5.02. The average Bonchev–Trinajstić information content (AvgIpc) is 2.34. The molecule has 1 heterocycles. The van der Waals surface area contributed by atoms with E-state index in [1.54, 1.807) is 19.4 Å². The summed E-state index contributed by atoms with van der Waals surface area (Å²) in [4.78, 5) is 3.92. The Morgan fingerprint density at radius 2 is 2.00 bits per heavy atom. The van der Waals surface area contributed by atoms with Crippen LogP contribution in [0.2, 0.25) is 0 Å². The quantitative estimate of drug-likeness (QED) is 0.710. The molecule has 96 valence electrons. The molecule has 1 rings (SSSR count). The summed E-state index contributed by atoms with van der Waals surface area (Å²) >= 11 is 5.50. The number of alkyl halides is 1. The Labute approximate surface area is 108 Å². The van der Waals surface area contributed by atoms with E-state index >= 15 is 0 Å². The standard InChI is InChI=1S/C11H17ClN2O2S/c1-14(17(15,16)10-2-6-12)9-5-11-3-7-13-8-4-11/h3-4,7-8H,2,5-6,9-10H2,1H3. The summed E-state index contributed by atoms with van der Waals surface area (Å²) in [5, 5.41) is 0. The molecule has 0 saturated heterocycles. The van der Waals surface area contributed by atoms with Crippen molar-refractivity contribution in [3.8, 4) is 0 Å². The fourth-order valence-corrected chi connectivity index (χ4v) is 2.85. The van der Waals surface area contributed by atoms with Crippen molar-refractivity contribution >= 4 is 21.6 Å². The van der Waals surface area contributed by atoms with Crippen LogP contribution >= 0.6 is 11.6 Å². The summed E-state index contributed by atoms with van der Waals surface area (Å²) in [5.41, 5.74) is 1.08. The molecule has 0 aliphatic carbocycles. The van der Waals surface area contributed by atoms with Crippen LogP contribution in [0.15, 0.2) is 24.5 Å². The van der Waals surface area contributed by atoms with Gasteiger partial charge in [-0.25, -0.2) is 12.7 Å². The minimum atomic E-state index is -3.16. The molecule has 0 N–H and O–H groups in total. The second-order valence-electron chi connectivity index (χ2n) is 3.79. The highest BCUT2D eigenvalue weighted by atomic mass is 35.5. The Bertz CT molecular complexity index is 422. The first-order valence-corrected chi connectivity index (χ1v) is 7.59. The number of likely N-dealkylation sites (N-methyl/N-ethyl adjacent to an activating group) is 1. The van der Waals surface area contributed by atoms with Crippen LogP contribution in [-0.4, -0.2) is 42.9 Å². The summed E-state index contributed by atoms with van der Waals surface area (Å²) in [6.07, 6.45) is 4.59. The van der Waals surface area contributed by atoms with Crippen molar-refractivity contribution in [2.75, 3.05) is 25.2 Å². The molecule has 4 nitrogen and oxygen atoms in total. The fraction of sp³-hybridized carbons (Fsp3) is 0.545. The van der Waals surface area contributed by atoms with E-state index in [0.29, 0.717) is 25.3 Å². The molecule has 0 aromatic carbocycles. The van der Waals surface area contributed by atoms with E-state index in [4.69, 9.17) is 11.6 Å². The highest BCUT2D eigenvalue weighted by molar-refractivity contribution is 7.89. The summed E-state index contributed by atoms with van der Waals surface area (Å²) in [6, 6.07) is 3.78. The van der Waals surface area contributed by atoms with E-state index in [2.05, 4.69) is 4.98 Å². The van der Waals surface area contributed by atoms with Crippen LogP contribution in [0, 0.1) is 0 Å². The van der Waals surface area contributed by atoms with Crippen LogP contribution in [0.1, 0.15) is 12.0 Å². The molecule has 0 fully saturated rings. The molecule has 0 saturated carbocycles. The van der Waals surface area contributed by atoms with Gasteiger partial charge in [-0.05, 0) is 30.5 Å². The van der Waals surface area contributed by atoms with Crippen LogP contribution in [0.5, 0.6) is 0 Å². The van der Waals surface area contributed by atoms with Crippen molar-refractivity contribution in [1.29, 1.82) is 0 Å². The van der Waals surface area contributed by atoms with Crippen LogP contribution in [0.25, 0.3) is 0 Å². The first-order chi connectivity index (χ1) is 8.06. The van der Waals surface area contributed by atoms with Gasteiger partial charge in [0.15, 0.2) is 0 Å². The number of nitrogens with zero attached hydrogens (tertiary/aromatic N) is 2. The fourth-order valence-electron chi connectivity index (χ4n) is 1.37. The highest BCUT2D eigenvalue weighted by Gasteiger charge is 2.16. The molecular weight excluding hydrogens is 260 g/mol. The molecule has 0 unspecified atom stereocenters. The molecule has 1 aromatic heterocycles. The van der Waals surface area contributed by atoms with E-state index in [1.165, 1.54) is 4.31 Å². The summed E-state index contributed by atoms with van der Waals surface area (Å²) in [7, 11) is -1.56. The maximum absolute atomic E-state index is 11.8. The van der Waals surface area contributed by atoms with Crippen LogP contribution in [-0.2, 0) is 16.4 Å². The Hall–Kier alpha value is -0.650. The van der Waals surface area contributed by atoms with E-state index in [0.717, 1.165) is 5.56 Å². The predicted molar refractivity (Wildman–Crippen MR) is 69.7 cm³/mol. The lowest BCUT2D eigenvalue weighted by atomic mass is 10.2. The number of sulfonamides is 1. The molecule has 0 atom stereocenters. The summed E-state index contributed by atoms with van der Waals surface area (Å²) < 4.78 is 24.9. The van der Waals surface area contributed by atoms with Gasteiger partial charge in [-0.2, -0.15) is 0 Å². The smallest absolute Gasteiger partial charge is 0.213 e. The highest BCUT2D eigenvalue weighted by Crippen LogP contribution is 2.05. The van der Waals surface area contributed by atoms with Gasteiger partial charge in [-0.1, -0.05) is 0 Å². The second-order valence-corrected chi connectivity index (χ2v) is 6.36. The predicted octanol–water partition coefficient (Wildman–Crippen LogP) is 1.51. The first-order valence-electron chi connectivity index (χ1n) is 5.45.